The van der Waals surface area contributed by atoms with Gasteiger partial charge in [0.25, 0.3) is 0 Å². The van der Waals surface area contributed by atoms with E-state index in [1.165, 1.54) is 51.3 Å². The molecule has 0 spiro atoms. The molecule has 0 aliphatic heterocycles. The van der Waals surface area contributed by atoms with Crippen LogP contribution in [0.2, 0.25) is 0 Å². The van der Waals surface area contributed by atoms with E-state index in [1.807, 2.05) is 7.05 Å². The Morgan fingerprint density at radius 1 is 0.846 bits per heavy atom. The van der Waals surface area contributed by atoms with Gasteiger partial charge in [-0.1, -0.05) is 48.6 Å². The van der Waals surface area contributed by atoms with E-state index in [4.69, 9.17) is 0 Å². The molecule has 0 aromatic heterocycles. The second kappa shape index (κ2) is 6.17. The van der Waals surface area contributed by atoms with Crippen molar-refractivity contribution in [2.24, 2.45) is 0 Å². The van der Waals surface area contributed by atoms with Crippen LogP contribution >= 0.6 is 0 Å². The molecule has 0 unspecified atom stereocenters. The highest BCUT2D eigenvalue weighted by Gasteiger charge is 2.15. The maximum absolute atomic E-state index is 3.22. The third-order valence-corrected chi connectivity index (χ3v) is 5.82. The van der Waals surface area contributed by atoms with Gasteiger partial charge in [0, 0.05) is 12.7 Å². The smallest absolute Gasteiger partial charge is 0.0337 e. The van der Waals surface area contributed by atoms with Gasteiger partial charge in [-0.15, -0.1) is 0 Å². The molecule has 1 N–H and O–H groups in total. The van der Waals surface area contributed by atoms with E-state index >= 15 is 0 Å². The molecule has 2 aliphatic carbocycles. The van der Waals surface area contributed by atoms with Gasteiger partial charge in [0.2, 0.25) is 0 Å². The summed E-state index contributed by atoms with van der Waals surface area (Å²) in [5.74, 6) is 0. The Kier molecular flexibility index (Phi) is 3.67. The van der Waals surface area contributed by atoms with Gasteiger partial charge in [-0.25, -0.2) is 0 Å². The van der Waals surface area contributed by atoms with E-state index in [1.54, 1.807) is 11.1 Å². The number of nitrogens with one attached hydrogen (secondary N) is 1. The molecule has 0 bridgehead atoms. The van der Waals surface area contributed by atoms with Crippen molar-refractivity contribution < 1.29 is 0 Å². The molecule has 2 aliphatic rings. The van der Waals surface area contributed by atoms with Crippen molar-refractivity contribution in [1.29, 1.82) is 0 Å². The van der Waals surface area contributed by atoms with Crippen molar-refractivity contribution in [1.82, 2.24) is 0 Å². The van der Waals surface area contributed by atoms with E-state index in [9.17, 15) is 0 Å². The maximum Gasteiger partial charge on any atom is 0.0337 e. The summed E-state index contributed by atoms with van der Waals surface area (Å²) < 4.78 is 0. The lowest BCUT2D eigenvalue weighted by molar-refractivity contribution is 0.825. The lowest BCUT2D eigenvalue weighted by Crippen LogP contribution is -2.20. The molecule has 0 saturated carbocycles. The Bertz CT molecular complexity index is 1200. The summed E-state index contributed by atoms with van der Waals surface area (Å²) in [7, 11) is 1.97. The average Bonchev–Trinajstić information content (AvgIpc) is 2.73. The quantitative estimate of drug-likeness (QED) is 0.741. The van der Waals surface area contributed by atoms with Crippen molar-refractivity contribution in [3.63, 3.8) is 0 Å². The topological polar surface area (TPSA) is 12.0 Å². The fraction of sp³-hybridized carbons (Fsp3) is 0.200. The molecule has 1 heteroatoms. The summed E-state index contributed by atoms with van der Waals surface area (Å²) in [5.41, 5.74) is 6.96. The van der Waals surface area contributed by atoms with Crippen LogP contribution in [0.4, 0.5) is 5.69 Å². The lowest BCUT2D eigenvalue weighted by atomic mass is 9.85. The van der Waals surface area contributed by atoms with E-state index in [-0.39, 0.29) is 0 Å². The van der Waals surface area contributed by atoms with Crippen LogP contribution in [-0.2, 0) is 12.8 Å². The summed E-state index contributed by atoms with van der Waals surface area (Å²) in [5, 5.41) is 8.88. The van der Waals surface area contributed by atoms with Crippen molar-refractivity contribution in [3.05, 3.63) is 86.6 Å². The second-order valence-corrected chi connectivity index (χ2v) is 7.26. The third-order valence-electron chi connectivity index (χ3n) is 5.82. The molecule has 1 nitrogen and oxygen atoms in total. The molecule has 0 radical (unpaired) electrons. The summed E-state index contributed by atoms with van der Waals surface area (Å²) >= 11 is 0. The van der Waals surface area contributed by atoms with E-state index in [0.717, 1.165) is 12.1 Å². The number of benzene rings is 3. The maximum atomic E-state index is 3.22. The molecular weight excluding hydrogens is 314 g/mol. The van der Waals surface area contributed by atoms with Gasteiger partial charge < -0.3 is 5.32 Å². The minimum atomic E-state index is 1.05. The largest absolute Gasteiger partial charge is 0.388 e. The van der Waals surface area contributed by atoms with E-state index < -0.39 is 0 Å². The fourth-order valence-electron chi connectivity index (χ4n) is 4.51. The summed E-state index contributed by atoms with van der Waals surface area (Å²) in [6, 6.07) is 20.1. The molecule has 3 aromatic rings. The van der Waals surface area contributed by atoms with Gasteiger partial charge in [0.15, 0.2) is 0 Å². The second-order valence-electron chi connectivity index (χ2n) is 7.26. The third kappa shape index (κ3) is 2.39. The highest BCUT2D eigenvalue weighted by Crippen LogP contribution is 2.28. The first kappa shape index (κ1) is 15.5. The molecule has 3 aromatic carbocycles. The number of anilines is 1. The van der Waals surface area contributed by atoms with Gasteiger partial charge in [-0.3, -0.25) is 0 Å². The SMILES string of the molecule is CNc1ccc(-c2cc3c(c4c2=c2ccccc2=CC4)CCCC=3)cc1. The van der Waals surface area contributed by atoms with Gasteiger partial charge >= 0.3 is 0 Å². The molecule has 0 saturated heterocycles. The Hall–Kier alpha value is -2.80. The van der Waals surface area contributed by atoms with Crippen LogP contribution in [-0.4, -0.2) is 7.05 Å². The molecule has 26 heavy (non-hydrogen) atoms. The predicted molar refractivity (Wildman–Crippen MR) is 110 cm³/mol. The van der Waals surface area contributed by atoms with E-state index in [0.29, 0.717) is 0 Å². The van der Waals surface area contributed by atoms with Crippen molar-refractivity contribution in [2.45, 2.75) is 25.7 Å². The Balaban J connectivity index is 1.95. The first-order chi connectivity index (χ1) is 12.8. The van der Waals surface area contributed by atoms with Crippen LogP contribution < -0.4 is 15.8 Å². The molecule has 0 atom stereocenters. The van der Waals surface area contributed by atoms with Crippen LogP contribution in [0.1, 0.15) is 24.0 Å². The fourth-order valence-corrected chi connectivity index (χ4v) is 4.51. The summed E-state index contributed by atoms with van der Waals surface area (Å²) in [6.07, 6.45) is 9.57. The highest BCUT2D eigenvalue weighted by molar-refractivity contribution is 5.70. The number of hydrogen-bond donors (Lipinski definition) is 1. The number of fused-ring (bicyclic) bond motifs is 4. The zero-order chi connectivity index (χ0) is 17.5. The van der Waals surface area contributed by atoms with Crippen LogP contribution in [0, 0.1) is 10.4 Å². The molecular formula is C25H23N. The van der Waals surface area contributed by atoms with E-state index in [2.05, 4.69) is 72.1 Å². The summed E-state index contributed by atoms with van der Waals surface area (Å²) in [6.45, 7) is 0. The number of hydrogen-bond acceptors (Lipinski definition) is 1. The first-order valence-corrected chi connectivity index (χ1v) is 9.58. The monoisotopic (exact) mass is 337 g/mol. The molecule has 0 heterocycles. The zero-order valence-corrected chi connectivity index (χ0v) is 15.2. The Morgan fingerprint density at radius 3 is 2.54 bits per heavy atom. The Morgan fingerprint density at radius 2 is 1.69 bits per heavy atom. The van der Waals surface area contributed by atoms with Crippen LogP contribution in [0.25, 0.3) is 23.3 Å². The van der Waals surface area contributed by atoms with Crippen LogP contribution in [0.15, 0.2) is 54.6 Å². The van der Waals surface area contributed by atoms with Crippen molar-refractivity contribution >= 4 is 17.8 Å². The highest BCUT2D eigenvalue weighted by atomic mass is 14.8. The zero-order valence-electron chi connectivity index (χ0n) is 15.2. The average molecular weight is 337 g/mol. The number of rotatable bonds is 2. The van der Waals surface area contributed by atoms with Gasteiger partial charge in [-0.05, 0) is 87.0 Å². The van der Waals surface area contributed by atoms with Crippen molar-refractivity contribution in [2.75, 3.05) is 12.4 Å². The van der Waals surface area contributed by atoms with Crippen LogP contribution in [0.3, 0.4) is 0 Å². The lowest BCUT2D eigenvalue weighted by Gasteiger charge is -2.20. The standard InChI is InChI=1S/C25H23N/c1-26-20-13-10-18(11-14-20)24-16-19-7-3-4-8-21(19)23-15-12-17-6-2-5-9-22(17)25(23)24/h2,5-7,9-14,16,26H,3-4,8,15H2,1H3. The van der Waals surface area contributed by atoms with Crippen molar-refractivity contribution in [3.8, 4) is 11.1 Å². The normalized spacial score (nSPS) is 14.3. The molecule has 5 rings (SSSR count). The molecule has 0 amide bonds. The van der Waals surface area contributed by atoms with Gasteiger partial charge in [-0.2, -0.15) is 0 Å². The minimum absolute atomic E-state index is 1.05. The molecule has 0 fully saturated rings. The Labute approximate surface area is 154 Å². The van der Waals surface area contributed by atoms with Gasteiger partial charge in [0.05, 0.1) is 0 Å². The van der Waals surface area contributed by atoms with Gasteiger partial charge in [0.1, 0.15) is 0 Å². The predicted octanol–water partition coefficient (Wildman–Crippen LogP) is 4.14. The van der Waals surface area contributed by atoms with Crippen LogP contribution in [0.5, 0.6) is 0 Å². The molecule has 128 valence electrons. The minimum Gasteiger partial charge on any atom is -0.388 e. The summed E-state index contributed by atoms with van der Waals surface area (Å²) in [4.78, 5) is 0. The first-order valence-electron chi connectivity index (χ1n) is 9.58.